The van der Waals surface area contributed by atoms with Crippen molar-refractivity contribution in [2.24, 2.45) is 0 Å². The molecule has 1 heterocycles. The van der Waals surface area contributed by atoms with E-state index in [0.29, 0.717) is 11.4 Å². The molecule has 0 radical (unpaired) electrons. The van der Waals surface area contributed by atoms with Crippen LogP contribution in [0.4, 0.5) is 5.69 Å². The predicted molar refractivity (Wildman–Crippen MR) is 99.3 cm³/mol. The zero-order chi connectivity index (χ0) is 17.8. The monoisotopic (exact) mass is 398 g/mol. The van der Waals surface area contributed by atoms with Crippen molar-refractivity contribution >= 4 is 27.5 Å². The van der Waals surface area contributed by atoms with Gasteiger partial charge in [0.2, 0.25) is 5.88 Å². The van der Waals surface area contributed by atoms with Crippen molar-refractivity contribution in [1.29, 1.82) is 0 Å². The molecule has 0 bridgehead atoms. The fourth-order valence-corrected chi connectivity index (χ4v) is 2.46. The lowest BCUT2D eigenvalue weighted by molar-refractivity contribution is 0.102. The van der Waals surface area contributed by atoms with Gasteiger partial charge in [0.05, 0.1) is 5.69 Å². The van der Waals surface area contributed by atoms with Crippen molar-refractivity contribution in [2.45, 2.75) is 6.92 Å². The number of pyridine rings is 1. The van der Waals surface area contributed by atoms with E-state index >= 15 is 0 Å². The maximum Gasteiger partial charge on any atom is 0.261 e. The number of hydrogen-bond donors (Lipinski definition) is 2. The molecule has 0 aliphatic rings. The minimum atomic E-state index is -0.416. The summed E-state index contributed by atoms with van der Waals surface area (Å²) in [5.41, 5.74) is 1.53. The van der Waals surface area contributed by atoms with E-state index in [1.165, 1.54) is 6.07 Å². The minimum Gasteiger partial charge on any atom is -0.506 e. The zero-order valence-corrected chi connectivity index (χ0v) is 14.9. The maximum atomic E-state index is 12.6. The summed E-state index contributed by atoms with van der Waals surface area (Å²) in [4.78, 5) is 16.7. The predicted octanol–water partition coefficient (Wildman–Crippen LogP) is 4.90. The van der Waals surface area contributed by atoms with Crippen LogP contribution in [0, 0.1) is 6.92 Å². The van der Waals surface area contributed by atoms with E-state index < -0.39 is 5.91 Å². The fourth-order valence-electron chi connectivity index (χ4n) is 2.20. The van der Waals surface area contributed by atoms with Gasteiger partial charge in [-0.05, 0) is 61.0 Å². The summed E-state index contributed by atoms with van der Waals surface area (Å²) in [5.74, 6) is 0.336. The Hall–Kier alpha value is -2.86. The number of aromatic hydroxyl groups is 1. The van der Waals surface area contributed by atoms with Crippen LogP contribution in [0.1, 0.15) is 15.9 Å². The normalized spacial score (nSPS) is 10.3. The largest absolute Gasteiger partial charge is 0.506 e. The van der Waals surface area contributed by atoms with E-state index in [4.69, 9.17) is 4.74 Å². The summed E-state index contributed by atoms with van der Waals surface area (Å²) in [5, 5.41) is 12.6. The molecule has 2 aromatic carbocycles. The van der Waals surface area contributed by atoms with Gasteiger partial charge in [-0.2, -0.15) is 0 Å². The highest BCUT2D eigenvalue weighted by Gasteiger charge is 2.16. The SMILES string of the molecule is Cc1ccc(O)c(NC(=O)c2cccnc2Oc2ccc(Br)cc2)c1. The molecule has 0 unspecified atom stereocenters. The summed E-state index contributed by atoms with van der Waals surface area (Å²) >= 11 is 3.36. The number of carbonyl (C=O) groups is 1. The number of nitrogens with one attached hydrogen (secondary N) is 1. The van der Waals surface area contributed by atoms with Crippen LogP contribution < -0.4 is 10.1 Å². The maximum absolute atomic E-state index is 12.6. The number of hydrogen-bond acceptors (Lipinski definition) is 4. The standard InChI is InChI=1S/C19H15BrN2O3/c1-12-4-9-17(23)16(11-12)22-18(24)15-3-2-10-21-19(15)25-14-7-5-13(20)6-8-14/h2-11,23H,1H3,(H,22,24). The van der Waals surface area contributed by atoms with Crippen LogP contribution in [0.3, 0.4) is 0 Å². The molecular weight excluding hydrogens is 384 g/mol. The number of phenolic OH excluding ortho intramolecular Hbond substituents is 1. The summed E-state index contributed by atoms with van der Waals surface area (Å²) < 4.78 is 6.65. The van der Waals surface area contributed by atoms with Gasteiger partial charge in [0.15, 0.2) is 0 Å². The molecule has 5 nitrogen and oxygen atoms in total. The molecule has 25 heavy (non-hydrogen) atoms. The topological polar surface area (TPSA) is 71.5 Å². The first-order valence-electron chi connectivity index (χ1n) is 7.52. The Bertz CT molecular complexity index is 911. The van der Waals surface area contributed by atoms with E-state index in [1.807, 2.05) is 19.1 Å². The Morgan fingerprint density at radius 2 is 1.92 bits per heavy atom. The first-order valence-corrected chi connectivity index (χ1v) is 8.31. The number of amides is 1. The highest BCUT2D eigenvalue weighted by molar-refractivity contribution is 9.10. The molecule has 0 spiro atoms. The first-order chi connectivity index (χ1) is 12.0. The number of benzene rings is 2. The van der Waals surface area contributed by atoms with E-state index in [0.717, 1.165) is 10.0 Å². The van der Waals surface area contributed by atoms with Crippen molar-refractivity contribution in [1.82, 2.24) is 4.98 Å². The third-order valence-electron chi connectivity index (χ3n) is 3.44. The molecule has 0 fully saturated rings. The molecule has 1 aromatic heterocycles. The second-order valence-corrected chi connectivity index (χ2v) is 6.30. The van der Waals surface area contributed by atoms with Gasteiger partial charge in [-0.1, -0.05) is 22.0 Å². The molecular formula is C19H15BrN2O3. The van der Waals surface area contributed by atoms with Crippen LogP contribution in [-0.2, 0) is 0 Å². The van der Waals surface area contributed by atoms with Crippen molar-refractivity contribution in [3.8, 4) is 17.4 Å². The van der Waals surface area contributed by atoms with Crippen LogP contribution in [0.15, 0.2) is 65.3 Å². The summed E-state index contributed by atoms with van der Waals surface area (Å²) in [6.45, 7) is 1.88. The number of rotatable bonds is 4. The highest BCUT2D eigenvalue weighted by atomic mass is 79.9. The Morgan fingerprint density at radius 3 is 2.68 bits per heavy atom. The van der Waals surface area contributed by atoms with Crippen molar-refractivity contribution in [2.75, 3.05) is 5.32 Å². The molecule has 0 atom stereocenters. The van der Waals surface area contributed by atoms with Crippen LogP contribution in [0.5, 0.6) is 17.4 Å². The smallest absolute Gasteiger partial charge is 0.261 e. The number of halogens is 1. The fraction of sp³-hybridized carbons (Fsp3) is 0.0526. The lowest BCUT2D eigenvalue weighted by atomic mass is 10.2. The van der Waals surface area contributed by atoms with Gasteiger partial charge in [-0.25, -0.2) is 4.98 Å². The molecule has 0 aliphatic heterocycles. The lowest BCUT2D eigenvalue weighted by Gasteiger charge is -2.11. The average molecular weight is 399 g/mol. The number of ether oxygens (including phenoxy) is 1. The molecule has 3 aromatic rings. The van der Waals surface area contributed by atoms with Gasteiger partial charge in [-0.3, -0.25) is 4.79 Å². The van der Waals surface area contributed by atoms with Crippen molar-refractivity contribution < 1.29 is 14.6 Å². The number of aromatic nitrogens is 1. The van der Waals surface area contributed by atoms with Crippen LogP contribution >= 0.6 is 15.9 Å². The van der Waals surface area contributed by atoms with E-state index in [9.17, 15) is 9.90 Å². The molecule has 126 valence electrons. The average Bonchev–Trinajstić information content (AvgIpc) is 2.60. The van der Waals surface area contributed by atoms with Gasteiger partial charge < -0.3 is 15.2 Å². The van der Waals surface area contributed by atoms with Gasteiger partial charge in [0, 0.05) is 10.7 Å². The number of anilines is 1. The second kappa shape index (κ2) is 7.36. The summed E-state index contributed by atoms with van der Waals surface area (Å²) in [7, 11) is 0. The zero-order valence-electron chi connectivity index (χ0n) is 13.4. The van der Waals surface area contributed by atoms with Gasteiger partial charge >= 0.3 is 0 Å². The molecule has 6 heteroatoms. The number of nitrogens with zero attached hydrogens (tertiary/aromatic N) is 1. The molecule has 0 saturated carbocycles. The van der Waals surface area contributed by atoms with E-state index in [-0.39, 0.29) is 17.2 Å². The molecule has 0 saturated heterocycles. The van der Waals surface area contributed by atoms with Crippen molar-refractivity contribution in [3.05, 3.63) is 76.4 Å². The van der Waals surface area contributed by atoms with Gasteiger partial charge in [0.1, 0.15) is 17.1 Å². The first kappa shape index (κ1) is 17.0. The molecule has 1 amide bonds. The summed E-state index contributed by atoms with van der Waals surface area (Å²) in [6.07, 6.45) is 1.55. The Kier molecular flexibility index (Phi) is 5.00. The van der Waals surface area contributed by atoms with Gasteiger partial charge in [-0.15, -0.1) is 0 Å². The minimum absolute atomic E-state index is 0.00165. The molecule has 0 aliphatic carbocycles. The molecule has 2 N–H and O–H groups in total. The number of aryl methyl sites for hydroxylation is 1. The number of phenols is 1. The Morgan fingerprint density at radius 1 is 1.16 bits per heavy atom. The van der Waals surface area contributed by atoms with E-state index in [1.54, 1.807) is 42.6 Å². The van der Waals surface area contributed by atoms with Gasteiger partial charge in [0.25, 0.3) is 5.91 Å². The Labute approximate surface area is 153 Å². The van der Waals surface area contributed by atoms with E-state index in [2.05, 4.69) is 26.2 Å². The lowest BCUT2D eigenvalue weighted by Crippen LogP contribution is -2.13. The third kappa shape index (κ3) is 4.16. The quantitative estimate of drug-likeness (QED) is 0.612. The highest BCUT2D eigenvalue weighted by Crippen LogP contribution is 2.27. The van der Waals surface area contributed by atoms with Crippen LogP contribution in [-0.4, -0.2) is 16.0 Å². The molecule has 3 rings (SSSR count). The third-order valence-corrected chi connectivity index (χ3v) is 3.97. The number of carbonyl (C=O) groups excluding carboxylic acids is 1. The van der Waals surface area contributed by atoms with Crippen LogP contribution in [0.25, 0.3) is 0 Å². The Balaban J connectivity index is 1.85. The second-order valence-electron chi connectivity index (χ2n) is 5.39. The summed E-state index contributed by atoms with van der Waals surface area (Å²) in [6, 6.07) is 15.5. The van der Waals surface area contributed by atoms with Crippen LogP contribution in [0.2, 0.25) is 0 Å². The van der Waals surface area contributed by atoms with Crippen molar-refractivity contribution in [3.63, 3.8) is 0 Å².